The molecule has 0 unspecified atom stereocenters. The monoisotopic (exact) mass is 214 g/mol. The van der Waals surface area contributed by atoms with Gasteiger partial charge in [0.05, 0.1) is 0 Å². The van der Waals surface area contributed by atoms with Crippen molar-refractivity contribution < 1.29 is 0 Å². The lowest BCUT2D eigenvalue weighted by atomic mass is 9.97. The van der Waals surface area contributed by atoms with Gasteiger partial charge >= 0.3 is 0 Å². The first-order valence-electron chi connectivity index (χ1n) is 6.58. The Morgan fingerprint density at radius 3 is 2.69 bits per heavy atom. The molecule has 1 aromatic rings. The predicted molar refractivity (Wildman–Crippen MR) is 71.6 cm³/mol. The number of hydrogen-bond acceptors (Lipinski definition) is 0. The molecule has 1 aliphatic rings. The molecule has 1 saturated carbocycles. The summed E-state index contributed by atoms with van der Waals surface area (Å²) in [5.41, 5.74) is 4.45. The number of aryl methyl sites for hydroxylation is 2. The van der Waals surface area contributed by atoms with Gasteiger partial charge in [-0.2, -0.15) is 0 Å². The first kappa shape index (κ1) is 11.4. The van der Waals surface area contributed by atoms with Gasteiger partial charge in [-0.15, -0.1) is 0 Å². The standard InChI is InChI=1S/C16H22/c1-3-5-14-9-11-16(15(4-2)12-14)10-8-13-6-7-13/h3,5,9,11-13H,4,6-8,10H2,1-2H3/b5-3+. The molecule has 0 amide bonds. The largest absolute Gasteiger partial charge is 0.0871 e. The number of allylic oxidation sites excluding steroid dienone is 1. The van der Waals surface area contributed by atoms with Crippen LogP contribution in [0.4, 0.5) is 0 Å². The molecule has 86 valence electrons. The van der Waals surface area contributed by atoms with Crippen molar-refractivity contribution in [3.8, 4) is 0 Å². The highest BCUT2D eigenvalue weighted by atomic mass is 14.3. The molecule has 0 saturated heterocycles. The molecule has 0 nitrogen and oxygen atoms in total. The molecule has 2 rings (SSSR count). The van der Waals surface area contributed by atoms with E-state index in [0.717, 1.165) is 12.3 Å². The van der Waals surface area contributed by atoms with Crippen molar-refractivity contribution in [2.45, 2.75) is 46.0 Å². The van der Waals surface area contributed by atoms with Crippen molar-refractivity contribution >= 4 is 6.08 Å². The third kappa shape index (κ3) is 2.98. The van der Waals surface area contributed by atoms with E-state index >= 15 is 0 Å². The first-order chi connectivity index (χ1) is 7.83. The summed E-state index contributed by atoms with van der Waals surface area (Å²) in [7, 11) is 0. The van der Waals surface area contributed by atoms with Crippen molar-refractivity contribution in [2.24, 2.45) is 5.92 Å². The lowest BCUT2D eigenvalue weighted by Gasteiger charge is -2.08. The zero-order valence-electron chi connectivity index (χ0n) is 10.5. The highest BCUT2D eigenvalue weighted by molar-refractivity contribution is 5.51. The maximum atomic E-state index is 2.35. The van der Waals surface area contributed by atoms with Gasteiger partial charge in [-0.25, -0.2) is 0 Å². The maximum Gasteiger partial charge on any atom is -0.0257 e. The van der Waals surface area contributed by atoms with Gasteiger partial charge in [0.25, 0.3) is 0 Å². The summed E-state index contributed by atoms with van der Waals surface area (Å²) in [6.45, 7) is 4.34. The van der Waals surface area contributed by atoms with Gasteiger partial charge in [-0.05, 0) is 48.8 Å². The highest BCUT2D eigenvalue weighted by Gasteiger charge is 2.20. The third-order valence-corrected chi connectivity index (χ3v) is 3.49. The van der Waals surface area contributed by atoms with Crippen molar-refractivity contribution in [1.29, 1.82) is 0 Å². The number of hydrogen-bond donors (Lipinski definition) is 0. The molecule has 0 aromatic heterocycles. The minimum absolute atomic E-state index is 1.04. The van der Waals surface area contributed by atoms with Crippen LogP contribution < -0.4 is 0 Å². The van der Waals surface area contributed by atoms with E-state index in [4.69, 9.17) is 0 Å². The average molecular weight is 214 g/mol. The zero-order valence-corrected chi connectivity index (χ0v) is 10.5. The maximum absolute atomic E-state index is 2.35. The van der Waals surface area contributed by atoms with Gasteiger partial charge < -0.3 is 0 Å². The molecule has 1 aliphatic carbocycles. The fourth-order valence-electron chi connectivity index (χ4n) is 2.28. The predicted octanol–water partition coefficient (Wildman–Crippen LogP) is 4.62. The third-order valence-electron chi connectivity index (χ3n) is 3.49. The highest BCUT2D eigenvalue weighted by Crippen LogP contribution is 2.34. The Balaban J connectivity index is 2.09. The van der Waals surface area contributed by atoms with Crippen LogP contribution in [0.5, 0.6) is 0 Å². The molecule has 1 fully saturated rings. The van der Waals surface area contributed by atoms with E-state index in [1.807, 2.05) is 0 Å². The molecule has 0 heterocycles. The fraction of sp³-hybridized carbons (Fsp3) is 0.500. The molecule has 0 radical (unpaired) electrons. The Labute approximate surface area is 99.4 Å². The van der Waals surface area contributed by atoms with Gasteiger partial charge in [-0.1, -0.05) is 50.1 Å². The van der Waals surface area contributed by atoms with Crippen LogP contribution in [0.2, 0.25) is 0 Å². The SMILES string of the molecule is C/C=C/c1ccc(CCC2CC2)c(CC)c1. The molecule has 1 aromatic carbocycles. The summed E-state index contributed by atoms with van der Waals surface area (Å²) < 4.78 is 0. The van der Waals surface area contributed by atoms with Crippen LogP contribution in [-0.4, -0.2) is 0 Å². The van der Waals surface area contributed by atoms with Crippen LogP contribution >= 0.6 is 0 Å². The second kappa shape index (κ2) is 5.34. The average Bonchev–Trinajstić information content (AvgIpc) is 3.11. The van der Waals surface area contributed by atoms with E-state index < -0.39 is 0 Å². The molecule has 16 heavy (non-hydrogen) atoms. The molecular formula is C16H22. The van der Waals surface area contributed by atoms with Crippen LogP contribution in [0.1, 0.15) is 49.8 Å². The number of benzene rings is 1. The van der Waals surface area contributed by atoms with E-state index in [2.05, 4.69) is 44.2 Å². The van der Waals surface area contributed by atoms with E-state index in [0.29, 0.717) is 0 Å². The van der Waals surface area contributed by atoms with E-state index in [1.54, 1.807) is 5.56 Å². The lowest BCUT2D eigenvalue weighted by Crippen LogP contribution is -1.94. The second-order valence-electron chi connectivity index (χ2n) is 4.86. The fourth-order valence-corrected chi connectivity index (χ4v) is 2.28. The van der Waals surface area contributed by atoms with E-state index in [-0.39, 0.29) is 0 Å². The Hall–Kier alpha value is -1.04. The smallest absolute Gasteiger partial charge is 0.0257 e. The summed E-state index contributed by atoms with van der Waals surface area (Å²) in [6, 6.07) is 6.93. The van der Waals surface area contributed by atoms with Gasteiger partial charge in [0.2, 0.25) is 0 Å². The van der Waals surface area contributed by atoms with E-state index in [1.165, 1.54) is 36.8 Å². The van der Waals surface area contributed by atoms with Crippen LogP contribution in [0, 0.1) is 5.92 Å². The van der Waals surface area contributed by atoms with Gasteiger partial charge in [0.1, 0.15) is 0 Å². The Bertz CT molecular complexity index is 370. The number of rotatable bonds is 5. The summed E-state index contributed by atoms with van der Waals surface area (Å²) in [5, 5.41) is 0. The normalized spacial score (nSPS) is 15.9. The Morgan fingerprint density at radius 1 is 1.25 bits per heavy atom. The minimum atomic E-state index is 1.04. The van der Waals surface area contributed by atoms with Gasteiger partial charge in [-0.3, -0.25) is 0 Å². The minimum Gasteiger partial charge on any atom is -0.0871 e. The van der Waals surface area contributed by atoms with E-state index in [9.17, 15) is 0 Å². The quantitative estimate of drug-likeness (QED) is 0.670. The summed E-state index contributed by atoms with van der Waals surface area (Å²) in [5.74, 6) is 1.04. The summed E-state index contributed by atoms with van der Waals surface area (Å²) in [6.07, 6.45) is 11.1. The van der Waals surface area contributed by atoms with Crippen molar-refractivity contribution in [1.82, 2.24) is 0 Å². The van der Waals surface area contributed by atoms with Crippen molar-refractivity contribution in [2.75, 3.05) is 0 Å². The molecule has 0 bridgehead atoms. The lowest BCUT2D eigenvalue weighted by molar-refractivity contribution is 0.722. The Morgan fingerprint density at radius 2 is 2.06 bits per heavy atom. The Kier molecular flexibility index (Phi) is 3.82. The molecule has 0 atom stereocenters. The van der Waals surface area contributed by atoms with Crippen LogP contribution in [0.15, 0.2) is 24.3 Å². The van der Waals surface area contributed by atoms with Crippen molar-refractivity contribution in [3.63, 3.8) is 0 Å². The molecule has 0 N–H and O–H groups in total. The molecular weight excluding hydrogens is 192 g/mol. The zero-order chi connectivity index (χ0) is 11.4. The van der Waals surface area contributed by atoms with Gasteiger partial charge in [0, 0.05) is 0 Å². The molecule has 0 aliphatic heterocycles. The topological polar surface area (TPSA) is 0 Å². The van der Waals surface area contributed by atoms with Gasteiger partial charge in [0.15, 0.2) is 0 Å². The van der Waals surface area contributed by atoms with Crippen molar-refractivity contribution in [3.05, 3.63) is 41.0 Å². The summed E-state index contributed by atoms with van der Waals surface area (Å²) in [4.78, 5) is 0. The molecule has 0 spiro atoms. The summed E-state index contributed by atoms with van der Waals surface area (Å²) >= 11 is 0. The van der Waals surface area contributed by atoms with Crippen LogP contribution in [0.25, 0.3) is 6.08 Å². The molecule has 0 heteroatoms. The van der Waals surface area contributed by atoms with Crippen LogP contribution in [-0.2, 0) is 12.8 Å². The first-order valence-corrected chi connectivity index (χ1v) is 6.58. The second-order valence-corrected chi connectivity index (χ2v) is 4.86. The van der Waals surface area contributed by atoms with Crippen LogP contribution in [0.3, 0.4) is 0 Å².